The first kappa shape index (κ1) is 16.9. The molecule has 0 unspecified atom stereocenters. The van der Waals surface area contributed by atoms with Crippen molar-refractivity contribution in [2.45, 2.75) is 39.1 Å². The fourth-order valence-corrected chi connectivity index (χ4v) is 2.86. The first-order valence-corrected chi connectivity index (χ1v) is 7.63. The van der Waals surface area contributed by atoms with Gasteiger partial charge in [-0.15, -0.1) is 0 Å². The second kappa shape index (κ2) is 8.92. The molecule has 0 bridgehead atoms. The van der Waals surface area contributed by atoms with Crippen LogP contribution in [0.25, 0.3) is 0 Å². The average Bonchev–Trinajstić information content (AvgIpc) is 2.71. The largest absolute Gasteiger partial charge is 0.451 e. The molecule has 4 N–H and O–H groups in total. The lowest BCUT2D eigenvalue weighted by Gasteiger charge is -2.22. The van der Waals surface area contributed by atoms with Crippen molar-refractivity contribution in [2.75, 3.05) is 39.3 Å². The van der Waals surface area contributed by atoms with Crippen molar-refractivity contribution in [1.82, 2.24) is 9.80 Å². The first-order valence-electron chi connectivity index (χ1n) is 7.63. The molecule has 0 aromatic carbocycles. The van der Waals surface area contributed by atoms with E-state index in [0.29, 0.717) is 12.2 Å². The standard InChI is InChI=1S/C13H30BN3O2/c1-3-16(4-2)8-9-17-10-12(13(15)11-17)6-5-7-14(18)19/h12-13,18-19H,3-11,15H2,1-2H3/t12-,13-/m0/s1. The van der Waals surface area contributed by atoms with E-state index in [1.165, 1.54) is 0 Å². The number of hydrogen-bond acceptors (Lipinski definition) is 5. The maximum Gasteiger partial charge on any atom is 0.451 e. The fourth-order valence-electron chi connectivity index (χ4n) is 2.86. The van der Waals surface area contributed by atoms with Crippen LogP contribution < -0.4 is 5.73 Å². The van der Waals surface area contributed by atoms with Crippen LogP contribution in [0.4, 0.5) is 0 Å². The van der Waals surface area contributed by atoms with Crippen molar-refractivity contribution in [3.63, 3.8) is 0 Å². The van der Waals surface area contributed by atoms with E-state index in [-0.39, 0.29) is 6.04 Å². The number of nitrogens with two attached hydrogens (primary N) is 1. The van der Waals surface area contributed by atoms with Crippen LogP contribution in [0, 0.1) is 5.92 Å². The van der Waals surface area contributed by atoms with Crippen LogP contribution in [0.1, 0.15) is 26.7 Å². The van der Waals surface area contributed by atoms with Gasteiger partial charge in [-0.25, -0.2) is 0 Å². The molecule has 0 radical (unpaired) electrons. The van der Waals surface area contributed by atoms with E-state index in [1.807, 2.05) is 0 Å². The van der Waals surface area contributed by atoms with Crippen LogP contribution in [0.15, 0.2) is 0 Å². The second-order valence-corrected chi connectivity index (χ2v) is 5.62. The Morgan fingerprint density at radius 3 is 2.53 bits per heavy atom. The normalized spacial score (nSPS) is 24.3. The lowest BCUT2D eigenvalue weighted by Crippen LogP contribution is -2.35. The molecule has 2 atom stereocenters. The van der Waals surface area contributed by atoms with Crippen molar-refractivity contribution in [3.05, 3.63) is 0 Å². The van der Waals surface area contributed by atoms with Gasteiger partial charge in [0.1, 0.15) is 0 Å². The van der Waals surface area contributed by atoms with Crippen molar-refractivity contribution in [1.29, 1.82) is 0 Å². The number of likely N-dealkylation sites (N-methyl/N-ethyl adjacent to an activating group) is 1. The number of likely N-dealkylation sites (tertiary alicyclic amines) is 1. The van der Waals surface area contributed by atoms with Crippen LogP contribution in [0.5, 0.6) is 0 Å². The molecule has 1 aliphatic heterocycles. The third-order valence-corrected chi connectivity index (χ3v) is 4.23. The molecule has 0 spiro atoms. The maximum atomic E-state index is 8.85. The van der Waals surface area contributed by atoms with Crippen LogP contribution in [0.2, 0.25) is 6.32 Å². The zero-order chi connectivity index (χ0) is 14.3. The SMILES string of the molecule is CCN(CC)CCN1C[C@H](CCCB(O)O)[C@@H](N)C1. The number of nitrogens with zero attached hydrogens (tertiary/aromatic N) is 2. The molecule has 0 amide bonds. The zero-order valence-electron chi connectivity index (χ0n) is 12.5. The summed E-state index contributed by atoms with van der Waals surface area (Å²) in [7, 11) is -1.17. The van der Waals surface area contributed by atoms with E-state index < -0.39 is 7.12 Å². The molecule has 5 nitrogen and oxygen atoms in total. The lowest BCUT2D eigenvalue weighted by molar-refractivity contribution is 0.235. The minimum absolute atomic E-state index is 0.243. The highest BCUT2D eigenvalue weighted by atomic mass is 16.4. The van der Waals surface area contributed by atoms with Crippen molar-refractivity contribution in [2.24, 2.45) is 11.7 Å². The second-order valence-electron chi connectivity index (χ2n) is 5.62. The third kappa shape index (κ3) is 6.23. The van der Waals surface area contributed by atoms with Gasteiger partial charge in [0.05, 0.1) is 0 Å². The highest BCUT2D eigenvalue weighted by Gasteiger charge is 2.29. The summed E-state index contributed by atoms with van der Waals surface area (Å²) in [6.45, 7) is 10.8. The molecule has 0 aromatic rings. The van der Waals surface area contributed by atoms with E-state index >= 15 is 0 Å². The Bertz CT molecular complexity index is 240. The number of hydrogen-bond donors (Lipinski definition) is 3. The van der Waals surface area contributed by atoms with E-state index in [4.69, 9.17) is 15.8 Å². The van der Waals surface area contributed by atoms with E-state index in [2.05, 4.69) is 23.6 Å². The van der Waals surface area contributed by atoms with Crippen molar-refractivity contribution < 1.29 is 10.0 Å². The van der Waals surface area contributed by atoms with Crippen LogP contribution in [-0.4, -0.2) is 72.3 Å². The summed E-state index contributed by atoms with van der Waals surface area (Å²) in [6.07, 6.45) is 2.31. The highest BCUT2D eigenvalue weighted by molar-refractivity contribution is 6.40. The van der Waals surface area contributed by atoms with Crippen LogP contribution >= 0.6 is 0 Å². The van der Waals surface area contributed by atoms with Gasteiger partial charge in [-0.05, 0) is 31.7 Å². The molecule has 1 rings (SSSR count). The monoisotopic (exact) mass is 271 g/mol. The molecule has 0 saturated carbocycles. The topological polar surface area (TPSA) is 73.0 Å². The van der Waals surface area contributed by atoms with Crippen LogP contribution in [0.3, 0.4) is 0 Å². The molecular weight excluding hydrogens is 241 g/mol. The fraction of sp³-hybridized carbons (Fsp3) is 1.00. The Hall–Kier alpha value is -0.135. The Labute approximate surface area is 117 Å². The molecular formula is C13H30BN3O2. The van der Waals surface area contributed by atoms with Gasteiger partial charge >= 0.3 is 7.12 Å². The van der Waals surface area contributed by atoms with E-state index in [1.54, 1.807) is 0 Å². The Morgan fingerprint density at radius 2 is 1.95 bits per heavy atom. The molecule has 0 aromatic heterocycles. The highest BCUT2D eigenvalue weighted by Crippen LogP contribution is 2.21. The molecule has 112 valence electrons. The Balaban J connectivity index is 2.22. The zero-order valence-corrected chi connectivity index (χ0v) is 12.5. The van der Waals surface area contributed by atoms with E-state index in [9.17, 15) is 0 Å². The molecule has 6 heteroatoms. The molecule has 19 heavy (non-hydrogen) atoms. The molecule has 1 aliphatic rings. The summed E-state index contributed by atoms with van der Waals surface area (Å²) in [5, 5.41) is 17.7. The van der Waals surface area contributed by atoms with Crippen molar-refractivity contribution >= 4 is 7.12 Å². The first-order chi connectivity index (χ1) is 9.06. The summed E-state index contributed by atoms with van der Waals surface area (Å²) in [5.74, 6) is 0.510. The Morgan fingerprint density at radius 1 is 1.26 bits per heavy atom. The minimum Gasteiger partial charge on any atom is -0.427 e. The average molecular weight is 271 g/mol. The van der Waals surface area contributed by atoms with Gasteiger partial charge in [0.15, 0.2) is 0 Å². The van der Waals surface area contributed by atoms with Gasteiger partial charge in [-0.1, -0.05) is 20.3 Å². The number of rotatable bonds is 9. The predicted molar refractivity (Wildman–Crippen MR) is 79.9 cm³/mol. The molecule has 1 saturated heterocycles. The molecule has 0 aliphatic carbocycles. The van der Waals surface area contributed by atoms with E-state index in [0.717, 1.165) is 52.1 Å². The smallest absolute Gasteiger partial charge is 0.427 e. The molecule has 1 fully saturated rings. The van der Waals surface area contributed by atoms with Gasteiger partial charge in [0.2, 0.25) is 0 Å². The van der Waals surface area contributed by atoms with Gasteiger partial charge in [0.25, 0.3) is 0 Å². The van der Waals surface area contributed by atoms with Crippen LogP contribution in [-0.2, 0) is 0 Å². The lowest BCUT2D eigenvalue weighted by atomic mass is 9.82. The summed E-state index contributed by atoms with van der Waals surface area (Å²) in [4.78, 5) is 4.88. The summed E-state index contributed by atoms with van der Waals surface area (Å²) >= 11 is 0. The summed E-state index contributed by atoms with van der Waals surface area (Å²) in [6, 6.07) is 0.243. The molecule has 1 heterocycles. The Kier molecular flexibility index (Phi) is 7.94. The minimum atomic E-state index is -1.17. The van der Waals surface area contributed by atoms with Gasteiger partial charge in [-0.3, -0.25) is 0 Å². The van der Waals surface area contributed by atoms with Gasteiger partial charge in [0, 0.05) is 32.2 Å². The van der Waals surface area contributed by atoms with Gasteiger partial charge < -0.3 is 25.6 Å². The summed E-state index contributed by atoms with van der Waals surface area (Å²) in [5.41, 5.74) is 6.18. The quantitative estimate of drug-likeness (QED) is 0.508. The third-order valence-electron chi connectivity index (χ3n) is 4.23. The maximum absolute atomic E-state index is 8.85. The van der Waals surface area contributed by atoms with Gasteiger partial charge in [-0.2, -0.15) is 0 Å². The summed E-state index contributed by atoms with van der Waals surface area (Å²) < 4.78 is 0. The predicted octanol–water partition coefficient (Wildman–Crippen LogP) is -0.160. The van der Waals surface area contributed by atoms with Crippen molar-refractivity contribution in [3.8, 4) is 0 Å².